The standard InChI is InChI=1S/C42H48N10O2/c1-7-22-48(23-8-2)28-31(45-43)27-44-21-24-51-29-32(46-47-51)30-52-41(53)35-15-13-14-16-36(35)42(52)37-19-17-33(49(9-3)10-4)25-39(37)54-40-26-34(18-20-38(40)42)50(11-5)12-6/h1-2,13-21,25-26,29,31,43H,9-12,22-24,27-28,30H2,3-6H3. The lowest BCUT2D eigenvalue weighted by Crippen LogP contribution is -2.47. The molecule has 0 saturated heterocycles. The van der Waals surface area contributed by atoms with Crippen molar-refractivity contribution in [2.75, 3.05) is 62.2 Å². The number of carbonyl (C=O) groups excluding carboxylic acids is 1. The highest BCUT2D eigenvalue weighted by atomic mass is 16.5. The average Bonchev–Trinajstić information content (AvgIpc) is 3.74. The number of carbonyl (C=O) groups is 1. The Morgan fingerprint density at radius 1 is 0.907 bits per heavy atom. The van der Waals surface area contributed by atoms with Crippen LogP contribution >= 0.6 is 0 Å². The largest absolute Gasteiger partial charge is 0.456 e. The van der Waals surface area contributed by atoms with Gasteiger partial charge in [0.2, 0.25) is 0 Å². The third-order valence-electron chi connectivity index (χ3n) is 10.3. The number of hydrogen-bond acceptors (Lipinski definition) is 10. The summed E-state index contributed by atoms with van der Waals surface area (Å²) < 4.78 is 8.51. The molecule has 12 nitrogen and oxygen atoms in total. The highest BCUT2D eigenvalue weighted by Gasteiger charge is 2.56. The predicted molar refractivity (Wildman–Crippen MR) is 213 cm³/mol. The summed E-state index contributed by atoms with van der Waals surface area (Å²) in [6.45, 7) is 14.1. The SMILES string of the molecule is C#CCN(CC#C)CC(CN=CCn1cc(CN2C(=O)c3ccccc3C23c2ccc(N(CC)CC)cc2Oc2cc(N(CC)CC)ccc23)nn1)N=N. The Hall–Kier alpha value is -5.98. The van der Waals surface area contributed by atoms with Crippen LogP contribution in [0.25, 0.3) is 0 Å². The number of benzene rings is 3. The molecular weight excluding hydrogens is 677 g/mol. The summed E-state index contributed by atoms with van der Waals surface area (Å²) in [5.41, 5.74) is 12.7. The number of aromatic nitrogens is 3. The normalized spacial score (nSPS) is 14.3. The maximum absolute atomic E-state index is 14.6. The molecular formula is C42H48N10O2. The van der Waals surface area contributed by atoms with Crippen molar-refractivity contribution in [1.82, 2.24) is 24.8 Å². The fraction of sp³-hybridized carbons (Fsp3) is 0.381. The van der Waals surface area contributed by atoms with Crippen molar-refractivity contribution in [3.63, 3.8) is 0 Å². The van der Waals surface area contributed by atoms with Crippen LogP contribution in [0.5, 0.6) is 11.5 Å². The Kier molecular flexibility index (Phi) is 11.7. The zero-order valence-corrected chi connectivity index (χ0v) is 31.6. The highest BCUT2D eigenvalue weighted by molar-refractivity contribution is 6.02. The summed E-state index contributed by atoms with van der Waals surface area (Å²) in [5, 5.41) is 12.6. The van der Waals surface area contributed by atoms with Crippen molar-refractivity contribution in [3.05, 3.63) is 94.8 Å². The summed E-state index contributed by atoms with van der Waals surface area (Å²) >= 11 is 0. The number of aliphatic imine (C=N–C) groups is 1. The number of hydrogen-bond donors (Lipinski definition) is 1. The average molecular weight is 725 g/mol. The van der Waals surface area contributed by atoms with Crippen LogP contribution in [0.2, 0.25) is 0 Å². The molecule has 54 heavy (non-hydrogen) atoms. The third-order valence-corrected chi connectivity index (χ3v) is 10.3. The zero-order valence-electron chi connectivity index (χ0n) is 31.6. The van der Waals surface area contributed by atoms with Gasteiger partial charge in [-0.15, -0.1) is 17.9 Å². The quantitative estimate of drug-likeness (QED) is 0.0799. The molecule has 0 saturated carbocycles. The zero-order chi connectivity index (χ0) is 38.2. The summed E-state index contributed by atoms with van der Waals surface area (Å²) in [4.78, 5) is 27.5. The number of anilines is 2. The van der Waals surface area contributed by atoms with Gasteiger partial charge in [-0.2, -0.15) is 5.11 Å². The molecule has 1 amide bonds. The molecule has 1 N–H and O–H groups in total. The van der Waals surface area contributed by atoms with Crippen LogP contribution in [-0.2, 0) is 18.6 Å². The number of nitrogens with zero attached hydrogens (tertiary/aromatic N) is 9. The minimum Gasteiger partial charge on any atom is -0.456 e. The van der Waals surface area contributed by atoms with Gasteiger partial charge in [-0.05, 0) is 51.5 Å². The van der Waals surface area contributed by atoms with Crippen LogP contribution in [-0.4, -0.2) is 95.3 Å². The molecule has 1 aromatic heterocycles. The second-order valence-corrected chi connectivity index (χ2v) is 13.3. The van der Waals surface area contributed by atoms with Crippen molar-refractivity contribution >= 4 is 23.5 Å². The van der Waals surface area contributed by atoms with E-state index < -0.39 is 5.54 Å². The van der Waals surface area contributed by atoms with Gasteiger partial charge < -0.3 is 19.4 Å². The number of amides is 1. The van der Waals surface area contributed by atoms with Gasteiger partial charge in [0.15, 0.2) is 0 Å². The highest BCUT2D eigenvalue weighted by Crippen LogP contribution is 2.58. The van der Waals surface area contributed by atoms with E-state index in [0.29, 0.717) is 44.0 Å². The monoisotopic (exact) mass is 724 g/mol. The van der Waals surface area contributed by atoms with Gasteiger partial charge in [0.05, 0.1) is 38.9 Å². The molecule has 4 aromatic rings. The van der Waals surface area contributed by atoms with Crippen molar-refractivity contribution in [3.8, 4) is 36.2 Å². The Morgan fingerprint density at radius 2 is 1.52 bits per heavy atom. The Labute approximate surface area is 318 Å². The van der Waals surface area contributed by atoms with Gasteiger partial charge in [0.1, 0.15) is 28.8 Å². The molecule has 0 fully saturated rings. The van der Waals surface area contributed by atoms with Crippen LogP contribution in [0, 0.1) is 30.2 Å². The minimum atomic E-state index is -0.979. The summed E-state index contributed by atoms with van der Waals surface area (Å²) in [7, 11) is 0. The fourth-order valence-corrected chi connectivity index (χ4v) is 7.70. The lowest BCUT2D eigenvalue weighted by Gasteiger charge is -2.44. The minimum absolute atomic E-state index is 0.0879. The molecule has 0 aliphatic carbocycles. The molecule has 0 radical (unpaired) electrons. The first-order chi connectivity index (χ1) is 26.4. The first-order valence-electron chi connectivity index (χ1n) is 18.6. The summed E-state index contributed by atoms with van der Waals surface area (Å²) in [5.74, 6) is 6.54. The van der Waals surface area contributed by atoms with E-state index in [1.165, 1.54) is 0 Å². The van der Waals surface area contributed by atoms with E-state index in [-0.39, 0.29) is 18.5 Å². The van der Waals surface area contributed by atoms with Crippen molar-refractivity contribution < 1.29 is 9.53 Å². The van der Waals surface area contributed by atoms with Gasteiger partial charge in [0, 0.05) is 79.1 Å². The smallest absolute Gasteiger partial charge is 0.255 e. The van der Waals surface area contributed by atoms with Crippen molar-refractivity contribution in [1.29, 1.82) is 5.53 Å². The number of terminal acetylenes is 2. The van der Waals surface area contributed by atoms with Crippen molar-refractivity contribution in [2.24, 2.45) is 10.1 Å². The molecule has 2 aliphatic heterocycles. The van der Waals surface area contributed by atoms with Crippen LogP contribution in [0.3, 0.4) is 0 Å². The fourth-order valence-electron chi connectivity index (χ4n) is 7.70. The first kappa shape index (κ1) is 37.8. The van der Waals surface area contributed by atoms with Crippen LogP contribution in [0.1, 0.15) is 60.4 Å². The number of fused-ring (bicyclic) bond motifs is 6. The van der Waals surface area contributed by atoms with Crippen molar-refractivity contribution in [2.45, 2.75) is 52.4 Å². The van der Waals surface area contributed by atoms with Crippen LogP contribution in [0.15, 0.2) is 77.0 Å². The molecule has 1 spiro atoms. The molecule has 2 aliphatic rings. The second kappa shape index (κ2) is 16.8. The third kappa shape index (κ3) is 7.05. The lowest BCUT2D eigenvalue weighted by molar-refractivity contribution is 0.0642. The first-order valence-corrected chi connectivity index (χ1v) is 18.6. The van der Waals surface area contributed by atoms with E-state index >= 15 is 0 Å². The molecule has 1 unspecified atom stereocenters. The van der Waals surface area contributed by atoms with E-state index in [0.717, 1.165) is 65.7 Å². The molecule has 12 heteroatoms. The number of ether oxygens (including phenoxy) is 1. The molecule has 278 valence electrons. The molecule has 3 heterocycles. The van der Waals surface area contributed by atoms with E-state index in [1.54, 1.807) is 10.9 Å². The van der Waals surface area contributed by atoms with Gasteiger partial charge in [0.25, 0.3) is 5.91 Å². The molecule has 3 aromatic carbocycles. The summed E-state index contributed by atoms with van der Waals surface area (Å²) in [6, 6.07) is 20.2. The Balaban J connectivity index is 1.35. The van der Waals surface area contributed by atoms with Crippen LogP contribution < -0.4 is 14.5 Å². The number of rotatable bonds is 17. The van der Waals surface area contributed by atoms with Gasteiger partial charge in [-0.1, -0.05) is 47.4 Å². The molecule has 6 rings (SSSR count). The van der Waals surface area contributed by atoms with Gasteiger partial charge >= 0.3 is 0 Å². The van der Waals surface area contributed by atoms with E-state index in [2.05, 4.69) is 112 Å². The van der Waals surface area contributed by atoms with E-state index in [1.807, 2.05) is 34.2 Å². The van der Waals surface area contributed by atoms with Gasteiger partial charge in [-0.25, -0.2) is 10.2 Å². The van der Waals surface area contributed by atoms with E-state index in [4.69, 9.17) is 23.1 Å². The maximum Gasteiger partial charge on any atom is 0.255 e. The Morgan fingerprint density at radius 3 is 2.09 bits per heavy atom. The topological polar surface area (TPSA) is 119 Å². The Bertz CT molecular complexity index is 2010. The molecule has 0 bridgehead atoms. The predicted octanol–water partition coefficient (Wildman–Crippen LogP) is 6.06. The summed E-state index contributed by atoms with van der Waals surface area (Å²) in [6.07, 6.45) is 14.5. The second-order valence-electron chi connectivity index (χ2n) is 13.3. The van der Waals surface area contributed by atoms with Crippen LogP contribution in [0.4, 0.5) is 11.4 Å². The van der Waals surface area contributed by atoms with Gasteiger partial charge in [-0.3, -0.25) is 14.7 Å². The lowest BCUT2D eigenvalue weighted by atomic mass is 9.74. The number of nitrogens with one attached hydrogen (secondary N) is 1. The molecule has 1 atom stereocenters. The van der Waals surface area contributed by atoms with E-state index in [9.17, 15) is 4.79 Å². The maximum atomic E-state index is 14.6.